The van der Waals surface area contributed by atoms with Gasteiger partial charge in [-0.3, -0.25) is 9.36 Å². The normalized spacial score (nSPS) is 9.55. The maximum atomic E-state index is 10.9. The maximum absolute atomic E-state index is 10.9. The Balaban J connectivity index is 3.49. The smallest absolute Gasteiger partial charge is 0.316 e. The lowest BCUT2D eigenvalue weighted by molar-refractivity contribution is 0.426. The molecule has 0 aliphatic carbocycles. The van der Waals surface area contributed by atoms with Crippen LogP contribution in [0, 0.1) is 0 Å². The van der Waals surface area contributed by atoms with E-state index in [1.54, 1.807) is 0 Å². The number of nitrogens with zero attached hydrogens (tertiary/aromatic N) is 3. The molecule has 0 saturated carbocycles. The van der Waals surface area contributed by atoms with Crippen LogP contribution in [0.1, 0.15) is 5.82 Å². The molecule has 0 aliphatic heterocycles. The summed E-state index contributed by atoms with van der Waals surface area (Å²) in [5.41, 5.74) is -0.632. The molecule has 1 aromatic heterocycles. The largest absolute Gasteiger partial charge is 0.488 e. The fraction of sp³-hybridized carbons (Fsp3) is 0.200. The zero-order valence-corrected chi connectivity index (χ0v) is 6.42. The minimum absolute atomic E-state index is 0.128. The quantitative estimate of drug-likeness (QED) is 0.553. The summed E-state index contributed by atoms with van der Waals surface area (Å²) in [6, 6.07) is 0. The van der Waals surface area contributed by atoms with E-state index in [4.69, 9.17) is 5.11 Å². The number of hydrogen-bond donors (Lipinski definition) is 1. The number of aromatic hydroxyl groups is 1. The van der Waals surface area contributed by atoms with Crippen molar-refractivity contribution in [2.45, 2.75) is 0 Å². The molecule has 11 heavy (non-hydrogen) atoms. The lowest BCUT2D eigenvalue weighted by Gasteiger charge is -1.98. The van der Waals surface area contributed by atoms with Gasteiger partial charge in [0.05, 0.1) is 0 Å². The van der Waals surface area contributed by atoms with Crippen molar-refractivity contribution in [2.24, 2.45) is 7.05 Å². The van der Waals surface area contributed by atoms with Crippen molar-refractivity contribution in [3.05, 3.63) is 16.2 Å². The maximum Gasteiger partial charge on any atom is 0.316 e. The predicted molar refractivity (Wildman–Crippen MR) is 40.6 cm³/mol. The first-order valence-electron chi connectivity index (χ1n) is 2.67. The van der Waals surface area contributed by atoms with Crippen LogP contribution in [0.3, 0.4) is 0 Å². The van der Waals surface area contributed by atoms with Crippen molar-refractivity contribution in [3.8, 4) is 5.88 Å². The molecule has 0 aliphatic rings. The van der Waals surface area contributed by atoms with Crippen molar-refractivity contribution in [3.63, 3.8) is 0 Å². The van der Waals surface area contributed by atoms with Crippen LogP contribution in [0.5, 0.6) is 5.88 Å². The highest BCUT2D eigenvalue weighted by Gasteiger charge is 2.04. The summed E-state index contributed by atoms with van der Waals surface area (Å²) in [6.07, 6.45) is 0. The van der Waals surface area contributed by atoms with Gasteiger partial charge in [-0.05, 0) is 0 Å². The van der Waals surface area contributed by atoms with Gasteiger partial charge in [-0.2, -0.15) is 0 Å². The van der Waals surface area contributed by atoms with Crippen LogP contribution in [-0.4, -0.2) is 25.2 Å². The molecule has 0 saturated heterocycles. The zero-order valence-electron chi connectivity index (χ0n) is 5.61. The molecule has 0 spiro atoms. The molecule has 0 fully saturated rings. The second-order valence-corrected chi connectivity index (χ2v) is 2.02. The Morgan fingerprint density at radius 3 is 2.82 bits per heavy atom. The van der Waals surface area contributed by atoms with Gasteiger partial charge in [0.2, 0.25) is 0 Å². The molecule has 0 amide bonds. The Hall–Kier alpha value is -1.30. The van der Waals surface area contributed by atoms with Crippen molar-refractivity contribution in [2.75, 3.05) is 0 Å². The summed E-state index contributed by atoms with van der Waals surface area (Å²) in [5, 5.41) is 17.5. The fourth-order valence-electron chi connectivity index (χ4n) is 0.540. The van der Waals surface area contributed by atoms with E-state index in [0.29, 0.717) is 0 Å². The zero-order chi connectivity index (χ0) is 8.43. The van der Waals surface area contributed by atoms with E-state index >= 15 is 0 Å². The number of thiocarbonyl (C=S) groups is 1. The molecule has 1 radical (unpaired) electrons. The van der Waals surface area contributed by atoms with Crippen LogP contribution in [-0.2, 0) is 7.05 Å². The highest BCUT2D eigenvalue weighted by Crippen LogP contribution is 1.90. The molecule has 0 atom stereocenters. The van der Waals surface area contributed by atoms with Crippen molar-refractivity contribution in [1.29, 1.82) is 0 Å². The van der Waals surface area contributed by atoms with Gasteiger partial charge in [0.15, 0.2) is 5.82 Å². The molecule has 0 bridgehead atoms. The highest BCUT2D eigenvalue weighted by molar-refractivity contribution is 7.79. The minimum Gasteiger partial charge on any atom is -0.488 e. The van der Waals surface area contributed by atoms with Gasteiger partial charge in [0, 0.05) is 7.05 Å². The highest BCUT2D eigenvalue weighted by atomic mass is 32.1. The monoisotopic (exact) mass is 170 g/mol. The predicted octanol–water partition coefficient (Wildman–Crippen LogP) is -0.894. The van der Waals surface area contributed by atoms with E-state index < -0.39 is 11.4 Å². The van der Waals surface area contributed by atoms with Crippen molar-refractivity contribution in [1.82, 2.24) is 14.8 Å². The summed E-state index contributed by atoms with van der Waals surface area (Å²) in [5.74, 6) is -0.510. The van der Waals surface area contributed by atoms with E-state index in [1.165, 1.54) is 7.05 Å². The molecule has 1 rings (SSSR count). The molecular weight excluding hydrogens is 166 g/mol. The minimum atomic E-state index is -0.637. The van der Waals surface area contributed by atoms with Gasteiger partial charge < -0.3 is 5.11 Å². The molecule has 1 aromatic rings. The second kappa shape index (κ2) is 2.75. The standard InChI is InChI=1S/C5H4N3O2S/c1-8-3(2-11)6-7-4(9)5(8)10/h1H3,(H,7,9). The van der Waals surface area contributed by atoms with E-state index in [0.717, 1.165) is 4.57 Å². The first-order valence-corrected chi connectivity index (χ1v) is 3.08. The lowest BCUT2D eigenvalue weighted by Crippen LogP contribution is -2.22. The second-order valence-electron chi connectivity index (χ2n) is 1.81. The summed E-state index contributed by atoms with van der Waals surface area (Å²) >= 11 is 4.42. The van der Waals surface area contributed by atoms with Crippen LogP contribution in [0.4, 0.5) is 0 Å². The molecule has 6 heteroatoms. The Bertz CT molecular complexity index is 346. The average Bonchev–Trinajstić information content (AvgIpc) is 2.01. The van der Waals surface area contributed by atoms with Gasteiger partial charge in [-0.1, -0.05) is 12.2 Å². The third kappa shape index (κ3) is 1.25. The molecule has 5 nitrogen and oxygen atoms in total. The number of hydrogen-bond acceptors (Lipinski definition) is 5. The van der Waals surface area contributed by atoms with Crippen LogP contribution in [0.25, 0.3) is 0 Å². The Morgan fingerprint density at radius 1 is 1.64 bits per heavy atom. The lowest BCUT2D eigenvalue weighted by atomic mass is 10.6. The Kier molecular flexibility index (Phi) is 1.95. The molecule has 57 valence electrons. The van der Waals surface area contributed by atoms with E-state index in [9.17, 15) is 4.79 Å². The molecule has 1 heterocycles. The SMILES string of the molecule is Cn1c([C]=S)nnc(O)c1=O. The first kappa shape index (κ1) is 7.80. The van der Waals surface area contributed by atoms with Crippen molar-refractivity contribution >= 4 is 17.6 Å². The van der Waals surface area contributed by atoms with Gasteiger partial charge in [-0.25, -0.2) is 0 Å². The topological polar surface area (TPSA) is 68.0 Å². The number of aromatic nitrogens is 3. The van der Waals surface area contributed by atoms with Gasteiger partial charge in [0.1, 0.15) is 5.37 Å². The summed E-state index contributed by atoms with van der Waals surface area (Å²) in [6.45, 7) is 0. The summed E-state index contributed by atoms with van der Waals surface area (Å²) in [7, 11) is 1.42. The third-order valence-electron chi connectivity index (χ3n) is 1.14. The first-order chi connectivity index (χ1) is 5.16. The van der Waals surface area contributed by atoms with Gasteiger partial charge >= 0.3 is 5.56 Å². The van der Waals surface area contributed by atoms with Gasteiger partial charge in [-0.15, -0.1) is 10.2 Å². The third-order valence-corrected chi connectivity index (χ3v) is 1.33. The van der Waals surface area contributed by atoms with Gasteiger partial charge in [0.25, 0.3) is 5.88 Å². The molecule has 0 aromatic carbocycles. The summed E-state index contributed by atoms with van der Waals surface area (Å²) < 4.78 is 1.06. The van der Waals surface area contributed by atoms with Crippen LogP contribution in [0.15, 0.2) is 4.79 Å². The Labute approximate surface area is 67.3 Å². The molecule has 1 N–H and O–H groups in total. The van der Waals surface area contributed by atoms with Crippen LogP contribution >= 0.6 is 12.2 Å². The fourth-order valence-corrected chi connectivity index (χ4v) is 0.717. The Morgan fingerprint density at radius 2 is 2.27 bits per heavy atom. The molecular formula is C5H4N3O2S. The van der Waals surface area contributed by atoms with Crippen molar-refractivity contribution < 1.29 is 5.11 Å². The van der Waals surface area contributed by atoms with E-state index in [1.807, 2.05) is 0 Å². The molecule has 0 unspecified atom stereocenters. The summed E-state index contributed by atoms with van der Waals surface area (Å²) in [4.78, 5) is 10.9. The average molecular weight is 170 g/mol. The van der Waals surface area contributed by atoms with E-state index in [-0.39, 0.29) is 5.82 Å². The van der Waals surface area contributed by atoms with E-state index in [2.05, 4.69) is 27.8 Å². The number of rotatable bonds is 1. The van der Waals surface area contributed by atoms with Crippen LogP contribution in [0.2, 0.25) is 0 Å². The van der Waals surface area contributed by atoms with Crippen LogP contribution < -0.4 is 5.56 Å².